The minimum atomic E-state index is -0.416. The van der Waals surface area contributed by atoms with Gasteiger partial charge in [-0.2, -0.15) is 0 Å². The smallest absolute Gasteiger partial charge is 0.200 e. The second-order valence-electron chi connectivity index (χ2n) is 4.92. The quantitative estimate of drug-likeness (QED) is 0.786. The number of aryl methyl sites for hydroxylation is 3. The summed E-state index contributed by atoms with van der Waals surface area (Å²) in [6, 6.07) is 10.5. The average Bonchev–Trinajstić information content (AvgIpc) is 2.40. The lowest BCUT2D eigenvalue weighted by Crippen LogP contribution is -2.13. The standard InChI is InChI=1S/C17H17FO2/c1-11-7-8-14(13(3)9-11)15(19)10-20-16-6-4-5-12(2)17(16)18/h4-9H,10H2,1-3H3. The van der Waals surface area contributed by atoms with Gasteiger partial charge in [0, 0.05) is 5.56 Å². The van der Waals surface area contributed by atoms with E-state index in [1.807, 2.05) is 26.0 Å². The van der Waals surface area contributed by atoms with Crippen molar-refractivity contribution < 1.29 is 13.9 Å². The zero-order valence-corrected chi connectivity index (χ0v) is 11.9. The van der Waals surface area contributed by atoms with Crippen molar-refractivity contribution in [3.05, 3.63) is 64.5 Å². The van der Waals surface area contributed by atoms with E-state index in [-0.39, 0.29) is 18.1 Å². The highest BCUT2D eigenvalue weighted by molar-refractivity contribution is 5.98. The third-order valence-electron chi connectivity index (χ3n) is 3.20. The minimum absolute atomic E-state index is 0.114. The highest BCUT2D eigenvalue weighted by Crippen LogP contribution is 2.20. The molecule has 0 bridgehead atoms. The minimum Gasteiger partial charge on any atom is -0.482 e. The fourth-order valence-corrected chi connectivity index (χ4v) is 2.08. The Balaban J connectivity index is 2.11. The van der Waals surface area contributed by atoms with Gasteiger partial charge in [0.05, 0.1) is 0 Å². The van der Waals surface area contributed by atoms with E-state index in [2.05, 4.69) is 0 Å². The molecule has 0 aliphatic carbocycles. The maximum Gasteiger partial charge on any atom is 0.200 e. The molecule has 2 rings (SSSR count). The lowest BCUT2D eigenvalue weighted by Gasteiger charge is -2.09. The molecule has 2 aromatic carbocycles. The van der Waals surface area contributed by atoms with Gasteiger partial charge >= 0.3 is 0 Å². The van der Waals surface area contributed by atoms with Crippen molar-refractivity contribution >= 4 is 5.78 Å². The van der Waals surface area contributed by atoms with Gasteiger partial charge in [-0.1, -0.05) is 35.9 Å². The van der Waals surface area contributed by atoms with Crippen LogP contribution in [0.3, 0.4) is 0 Å². The van der Waals surface area contributed by atoms with Crippen LogP contribution in [0, 0.1) is 26.6 Å². The van der Waals surface area contributed by atoms with Gasteiger partial charge in [0.2, 0.25) is 0 Å². The SMILES string of the molecule is Cc1ccc(C(=O)COc2cccc(C)c2F)c(C)c1. The molecule has 0 amide bonds. The number of rotatable bonds is 4. The first-order chi connectivity index (χ1) is 9.49. The largest absolute Gasteiger partial charge is 0.482 e. The third kappa shape index (κ3) is 3.05. The number of ether oxygens (including phenoxy) is 1. The fraction of sp³-hybridized carbons (Fsp3) is 0.235. The first kappa shape index (κ1) is 14.3. The normalized spacial score (nSPS) is 10.4. The Morgan fingerprint density at radius 2 is 1.85 bits per heavy atom. The Morgan fingerprint density at radius 1 is 1.10 bits per heavy atom. The molecule has 0 saturated carbocycles. The molecule has 104 valence electrons. The Morgan fingerprint density at radius 3 is 2.55 bits per heavy atom. The van der Waals surface area contributed by atoms with E-state index in [0.717, 1.165) is 11.1 Å². The maximum atomic E-state index is 13.8. The number of halogens is 1. The van der Waals surface area contributed by atoms with E-state index >= 15 is 0 Å². The number of Topliss-reactive ketones (excluding diaryl/α,β-unsaturated/α-hetero) is 1. The van der Waals surface area contributed by atoms with Crippen molar-refractivity contribution in [2.75, 3.05) is 6.61 Å². The summed E-state index contributed by atoms with van der Waals surface area (Å²) in [4.78, 5) is 12.1. The predicted molar refractivity (Wildman–Crippen MR) is 76.9 cm³/mol. The van der Waals surface area contributed by atoms with Crippen molar-refractivity contribution in [3.63, 3.8) is 0 Å². The van der Waals surface area contributed by atoms with Crippen molar-refractivity contribution in [1.82, 2.24) is 0 Å². The van der Waals surface area contributed by atoms with Crippen molar-refractivity contribution in [2.45, 2.75) is 20.8 Å². The molecule has 0 saturated heterocycles. The van der Waals surface area contributed by atoms with Crippen LogP contribution < -0.4 is 4.74 Å². The van der Waals surface area contributed by atoms with E-state index < -0.39 is 5.82 Å². The molecular formula is C17H17FO2. The number of carbonyl (C=O) groups is 1. The highest BCUT2D eigenvalue weighted by atomic mass is 19.1. The predicted octanol–water partition coefficient (Wildman–Crippen LogP) is 4.01. The Labute approximate surface area is 118 Å². The van der Waals surface area contributed by atoms with E-state index in [9.17, 15) is 9.18 Å². The number of benzene rings is 2. The molecule has 0 aliphatic heterocycles. The molecule has 0 radical (unpaired) electrons. The monoisotopic (exact) mass is 272 g/mol. The summed E-state index contributed by atoms with van der Waals surface area (Å²) in [7, 11) is 0. The summed E-state index contributed by atoms with van der Waals surface area (Å²) in [5.74, 6) is -0.451. The van der Waals surface area contributed by atoms with Gasteiger partial charge in [0.25, 0.3) is 0 Å². The summed E-state index contributed by atoms with van der Waals surface area (Å²) < 4.78 is 19.0. The molecule has 0 heterocycles. The lowest BCUT2D eigenvalue weighted by atomic mass is 10.0. The van der Waals surface area contributed by atoms with Crippen LogP contribution in [-0.2, 0) is 0 Å². The topological polar surface area (TPSA) is 26.3 Å². The van der Waals surface area contributed by atoms with Gasteiger partial charge < -0.3 is 4.74 Å². The molecule has 0 unspecified atom stereocenters. The molecule has 0 fully saturated rings. The summed E-state index contributed by atoms with van der Waals surface area (Å²) in [6.45, 7) is 5.35. The molecule has 0 atom stereocenters. The molecule has 2 nitrogen and oxygen atoms in total. The van der Waals surface area contributed by atoms with Gasteiger partial charge in [-0.15, -0.1) is 0 Å². The highest BCUT2D eigenvalue weighted by Gasteiger charge is 2.12. The van der Waals surface area contributed by atoms with Crippen LogP contribution in [0.25, 0.3) is 0 Å². The molecule has 0 aromatic heterocycles. The molecule has 0 N–H and O–H groups in total. The van der Waals surface area contributed by atoms with E-state index in [1.54, 1.807) is 25.1 Å². The van der Waals surface area contributed by atoms with Gasteiger partial charge in [-0.3, -0.25) is 4.79 Å². The number of ketones is 1. The van der Waals surface area contributed by atoms with Crippen LogP contribution in [0.5, 0.6) is 5.75 Å². The van der Waals surface area contributed by atoms with E-state index in [4.69, 9.17) is 4.74 Å². The summed E-state index contributed by atoms with van der Waals surface area (Å²) >= 11 is 0. The molecular weight excluding hydrogens is 255 g/mol. The Hall–Kier alpha value is -2.16. The summed E-state index contributed by atoms with van der Waals surface area (Å²) in [6.07, 6.45) is 0. The van der Waals surface area contributed by atoms with Crippen LogP contribution in [0.1, 0.15) is 27.0 Å². The number of hydrogen-bond acceptors (Lipinski definition) is 2. The average molecular weight is 272 g/mol. The second-order valence-corrected chi connectivity index (χ2v) is 4.92. The van der Waals surface area contributed by atoms with Crippen molar-refractivity contribution in [2.24, 2.45) is 0 Å². The van der Waals surface area contributed by atoms with Crippen LogP contribution in [0.15, 0.2) is 36.4 Å². The zero-order chi connectivity index (χ0) is 14.7. The van der Waals surface area contributed by atoms with Crippen molar-refractivity contribution in [3.8, 4) is 5.75 Å². The maximum absolute atomic E-state index is 13.8. The van der Waals surface area contributed by atoms with Gasteiger partial charge in [0.1, 0.15) is 0 Å². The zero-order valence-electron chi connectivity index (χ0n) is 11.9. The van der Waals surface area contributed by atoms with Crippen LogP contribution >= 0.6 is 0 Å². The van der Waals surface area contributed by atoms with Crippen LogP contribution in [-0.4, -0.2) is 12.4 Å². The molecule has 0 spiro atoms. The first-order valence-corrected chi connectivity index (χ1v) is 6.47. The summed E-state index contributed by atoms with van der Waals surface area (Å²) in [5, 5.41) is 0. The van der Waals surface area contributed by atoms with Crippen molar-refractivity contribution in [1.29, 1.82) is 0 Å². The van der Waals surface area contributed by atoms with Gasteiger partial charge in [-0.05, 0) is 38.0 Å². The summed E-state index contributed by atoms with van der Waals surface area (Å²) in [5.41, 5.74) is 3.12. The number of carbonyl (C=O) groups excluding carboxylic acids is 1. The van der Waals surface area contributed by atoms with E-state index in [1.165, 1.54) is 6.07 Å². The lowest BCUT2D eigenvalue weighted by molar-refractivity contribution is 0.0918. The fourth-order valence-electron chi connectivity index (χ4n) is 2.08. The first-order valence-electron chi connectivity index (χ1n) is 6.47. The van der Waals surface area contributed by atoms with Gasteiger partial charge in [-0.25, -0.2) is 4.39 Å². The molecule has 0 aliphatic rings. The number of hydrogen-bond donors (Lipinski definition) is 0. The van der Waals surface area contributed by atoms with Gasteiger partial charge in [0.15, 0.2) is 24.0 Å². The third-order valence-corrected chi connectivity index (χ3v) is 3.20. The molecule has 2 aromatic rings. The van der Waals surface area contributed by atoms with Crippen LogP contribution in [0.2, 0.25) is 0 Å². The van der Waals surface area contributed by atoms with E-state index in [0.29, 0.717) is 11.1 Å². The molecule has 3 heteroatoms. The Bertz CT molecular complexity index is 647. The second kappa shape index (κ2) is 5.87. The Kier molecular flexibility index (Phi) is 4.18. The molecule has 20 heavy (non-hydrogen) atoms. The van der Waals surface area contributed by atoms with Crippen LogP contribution in [0.4, 0.5) is 4.39 Å².